The summed E-state index contributed by atoms with van der Waals surface area (Å²) in [4.78, 5) is 12.1. The zero-order chi connectivity index (χ0) is 12.5. The third kappa shape index (κ3) is 5.65. The van der Waals surface area contributed by atoms with Gasteiger partial charge in [0.15, 0.2) is 0 Å². The van der Waals surface area contributed by atoms with Gasteiger partial charge in [0.05, 0.1) is 0 Å². The van der Waals surface area contributed by atoms with Gasteiger partial charge >= 0.3 is 0 Å². The molecular formula is C10H18ClN5O. The van der Waals surface area contributed by atoms with E-state index in [1.807, 2.05) is 0 Å². The first-order valence-corrected chi connectivity index (χ1v) is 6.14. The van der Waals surface area contributed by atoms with Gasteiger partial charge in [-0.3, -0.25) is 0 Å². The third-order valence-electron chi connectivity index (χ3n) is 2.01. The molecule has 6 nitrogen and oxygen atoms in total. The van der Waals surface area contributed by atoms with Gasteiger partial charge in [-0.25, -0.2) is 0 Å². The van der Waals surface area contributed by atoms with Crippen LogP contribution >= 0.6 is 11.6 Å². The minimum atomic E-state index is 0.170. The molecule has 96 valence electrons. The van der Waals surface area contributed by atoms with Crippen molar-refractivity contribution in [2.45, 2.75) is 26.2 Å². The number of aliphatic hydroxyl groups is 1. The number of hydrogen-bond donors (Lipinski definition) is 3. The highest BCUT2D eigenvalue weighted by molar-refractivity contribution is 6.28. The van der Waals surface area contributed by atoms with Crippen LogP contribution in [0.5, 0.6) is 0 Å². The van der Waals surface area contributed by atoms with Crippen molar-refractivity contribution >= 4 is 23.5 Å². The average Bonchev–Trinajstić information content (AvgIpc) is 2.31. The van der Waals surface area contributed by atoms with Gasteiger partial charge in [0.2, 0.25) is 17.2 Å². The lowest BCUT2D eigenvalue weighted by atomic mass is 10.3. The first-order chi connectivity index (χ1) is 8.26. The van der Waals surface area contributed by atoms with Gasteiger partial charge in [-0.1, -0.05) is 6.92 Å². The molecule has 0 aliphatic rings. The van der Waals surface area contributed by atoms with E-state index in [2.05, 4.69) is 32.5 Å². The van der Waals surface area contributed by atoms with E-state index in [1.165, 1.54) is 0 Å². The summed E-state index contributed by atoms with van der Waals surface area (Å²) in [7, 11) is 0. The van der Waals surface area contributed by atoms with Crippen LogP contribution in [0.4, 0.5) is 11.9 Å². The molecule has 17 heavy (non-hydrogen) atoms. The average molecular weight is 260 g/mol. The highest BCUT2D eigenvalue weighted by atomic mass is 35.5. The first kappa shape index (κ1) is 13.9. The Kier molecular flexibility index (Phi) is 6.57. The number of nitrogens with zero attached hydrogens (tertiary/aromatic N) is 3. The summed E-state index contributed by atoms with van der Waals surface area (Å²) in [6.07, 6.45) is 2.60. The number of rotatable bonds is 8. The molecule has 0 amide bonds. The second-order valence-electron chi connectivity index (χ2n) is 3.54. The van der Waals surface area contributed by atoms with Crippen molar-refractivity contribution < 1.29 is 5.11 Å². The molecule has 1 aromatic heterocycles. The summed E-state index contributed by atoms with van der Waals surface area (Å²) in [5.74, 6) is 0.943. The quantitative estimate of drug-likeness (QED) is 0.614. The molecule has 0 bridgehead atoms. The van der Waals surface area contributed by atoms with Gasteiger partial charge in [-0.2, -0.15) is 15.0 Å². The molecule has 0 aliphatic heterocycles. The van der Waals surface area contributed by atoms with E-state index in [0.29, 0.717) is 18.4 Å². The van der Waals surface area contributed by atoms with Gasteiger partial charge < -0.3 is 15.7 Å². The van der Waals surface area contributed by atoms with Crippen LogP contribution in [-0.2, 0) is 0 Å². The second-order valence-corrected chi connectivity index (χ2v) is 3.87. The molecule has 0 unspecified atom stereocenters. The smallest absolute Gasteiger partial charge is 0.228 e. The Morgan fingerprint density at radius 1 is 1.06 bits per heavy atom. The fraction of sp³-hybridized carbons (Fsp3) is 0.700. The largest absolute Gasteiger partial charge is 0.396 e. The number of aromatic nitrogens is 3. The van der Waals surface area contributed by atoms with Crippen LogP contribution in [-0.4, -0.2) is 39.8 Å². The fourth-order valence-corrected chi connectivity index (χ4v) is 1.34. The Balaban J connectivity index is 2.50. The lowest BCUT2D eigenvalue weighted by Crippen LogP contribution is -2.10. The molecule has 1 aromatic rings. The van der Waals surface area contributed by atoms with Gasteiger partial charge in [0.1, 0.15) is 0 Å². The van der Waals surface area contributed by atoms with E-state index in [9.17, 15) is 0 Å². The number of halogens is 1. The summed E-state index contributed by atoms with van der Waals surface area (Å²) < 4.78 is 0. The molecule has 0 aliphatic carbocycles. The Bertz CT molecular complexity index is 336. The van der Waals surface area contributed by atoms with Crippen molar-refractivity contribution in [3.05, 3.63) is 5.28 Å². The molecule has 0 radical (unpaired) electrons. The van der Waals surface area contributed by atoms with Crippen LogP contribution in [0.3, 0.4) is 0 Å². The molecule has 0 fully saturated rings. The molecule has 1 rings (SSSR count). The molecule has 0 atom stereocenters. The van der Waals surface area contributed by atoms with E-state index in [1.54, 1.807) is 0 Å². The van der Waals surface area contributed by atoms with E-state index in [4.69, 9.17) is 16.7 Å². The fourth-order valence-electron chi connectivity index (χ4n) is 1.18. The summed E-state index contributed by atoms with van der Waals surface area (Å²) in [5, 5.41) is 14.9. The number of aliphatic hydroxyl groups excluding tert-OH is 1. The second kappa shape index (κ2) is 8.03. The monoisotopic (exact) mass is 259 g/mol. The normalized spacial score (nSPS) is 10.3. The Labute approximate surface area is 106 Å². The molecule has 1 heterocycles. The summed E-state index contributed by atoms with van der Waals surface area (Å²) >= 11 is 5.79. The minimum Gasteiger partial charge on any atom is -0.396 e. The third-order valence-corrected chi connectivity index (χ3v) is 2.18. The molecule has 0 saturated heterocycles. The van der Waals surface area contributed by atoms with Gasteiger partial charge in [0.25, 0.3) is 0 Å². The van der Waals surface area contributed by atoms with Crippen molar-refractivity contribution in [3.63, 3.8) is 0 Å². The summed E-state index contributed by atoms with van der Waals surface area (Å²) in [6, 6.07) is 0. The molecule has 0 spiro atoms. The lowest BCUT2D eigenvalue weighted by molar-refractivity contribution is 0.286. The van der Waals surface area contributed by atoms with E-state index >= 15 is 0 Å². The molecule has 7 heteroatoms. The number of unbranched alkanes of at least 4 members (excludes halogenated alkanes) is 1. The van der Waals surface area contributed by atoms with Crippen LogP contribution in [0.25, 0.3) is 0 Å². The van der Waals surface area contributed by atoms with E-state index < -0.39 is 0 Å². The Morgan fingerprint density at radius 2 is 1.71 bits per heavy atom. The van der Waals surface area contributed by atoms with E-state index in [0.717, 1.165) is 25.8 Å². The van der Waals surface area contributed by atoms with Crippen LogP contribution in [0.2, 0.25) is 5.28 Å². The number of hydrogen-bond acceptors (Lipinski definition) is 6. The highest BCUT2D eigenvalue weighted by Crippen LogP contribution is 2.09. The van der Waals surface area contributed by atoms with Crippen molar-refractivity contribution in [1.29, 1.82) is 0 Å². The number of anilines is 2. The van der Waals surface area contributed by atoms with Gasteiger partial charge in [0, 0.05) is 19.7 Å². The van der Waals surface area contributed by atoms with Crippen LogP contribution in [0, 0.1) is 0 Å². The standard InChI is InChI=1S/C10H18ClN5O/c1-2-5-12-9-14-8(11)15-10(16-9)13-6-3-4-7-17/h17H,2-7H2,1H3,(H2,12,13,14,15,16). The van der Waals surface area contributed by atoms with Crippen molar-refractivity contribution in [2.75, 3.05) is 30.3 Å². The predicted octanol–water partition coefficient (Wildman–Crippen LogP) is 1.53. The molecule has 0 saturated carbocycles. The van der Waals surface area contributed by atoms with Crippen LogP contribution in [0.1, 0.15) is 26.2 Å². The predicted molar refractivity (Wildman–Crippen MR) is 68.4 cm³/mol. The van der Waals surface area contributed by atoms with E-state index in [-0.39, 0.29) is 11.9 Å². The Hall–Kier alpha value is -1.14. The zero-order valence-corrected chi connectivity index (χ0v) is 10.7. The Morgan fingerprint density at radius 3 is 2.29 bits per heavy atom. The maximum atomic E-state index is 8.65. The van der Waals surface area contributed by atoms with Crippen molar-refractivity contribution in [2.24, 2.45) is 0 Å². The van der Waals surface area contributed by atoms with Gasteiger partial charge in [-0.15, -0.1) is 0 Å². The van der Waals surface area contributed by atoms with Crippen LogP contribution < -0.4 is 10.6 Å². The highest BCUT2D eigenvalue weighted by Gasteiger charge is 2.03. The van der Waals surface area contributed by atoms with Crippen molar-refractivity contribution in [3.8, 4) is 0 Å². The summed E-state index contributed by atoms with van der Waals surface area (Å²) in [5.41, 5.74) is 0. The van der Waals surface area contributed by atoms with Crippen molar-refractivity contribution in [1.82, 2.24) is 15.0 Å². The zero-order valence-electron chi connectivity index (χ0n) is 9.91. The maximum Gasteiger partial charge on any atom is 0.228 e. The summed E-state index contributed by atoms with van der Waals surface area (Å²) in [6.45, 7) is 3.76. The molecule has 0 aromatic carbocycles. The van der Waals surface area contributed by atoms with Crippen LogP contribution in [0.15, 0.2) is 0 Å². The topological polar surface area (TPSA) is 83.0 Å². The SMILES string of the molecule is CCCNc1nc(Cl)nc(NCCCCO)n1. The molecular weight excluding hydrogens is 242 g/mol. The lowest BCUT2D eigenvalue weighted by Gasteiger charge is -2.07. The molecule has 3 N–H and O–H groups in total. The number of nitrogens with one attached hydrogen (secondary N) is 2. The maximum absolute atomic E-state index is 8.65. The first-order valence-electron chi connectivity index (χ1n) is 5.76. The van der Waals surface area contributed by atoms with Gasteiger partial charge in [-0.05, 0) is 30.9 Å². The minimum absolute atomic E-state index is 0.170.